The summed E-state index contributed by atoms with van der Waals surface area (Å²) in [6.07, 6.45) is -3.02. The minimum absolute atomic E-state index is 0.102. The lowest BCUT2D eigenvalue weighted by Crippen LogP contribution is -2.20. The molecule has 14 heavy (non-hydrogen) atoms. The average Bonchev–Trinajstić information content (AvgIpc) is 2.05. The number of halogens is 4. The number of nitrogens with zero attached hydrogens (tertiary/aromatic N) is 2. The molecule has 0 saturated heterocycles. The molecule has 0 aliphatic carbocycles. The molecule has 0 radical (unpaired) electrons. The van der Waals surface area contributed by atoms with Crippen LogP contribution in [-0.2, 0) is 0 Å². The van der Waals surface area contributed by atoms with Gasteiger partial charge in [0.15, 0.2) is 6.61 Å². The molecule has 7 heteroatoms. The molecule has 1 heterocycles. The summed E-state index contributed by atoms with van der Waals surface area (Å²) in [5, 5.41) is 0. The van der Waals surface area contributed by atoms with E-state index in [1.165, 1.54) is 6.20 Å². The highest BCUT2D eigenvalue weighted by Gasteiger charge is 2.29. The number of alkyl halides is 3. The molecular formula is C7H6BrF3N2O. The van der Waals surface area contributed by atoms with E-state index in [0.29, 0.717) is 10.3 Å². The maximum atomic E-state index is 11.8. The van der Waals surface area contributed by atoms with Crippen molar-refractivity contribution in [1.82, 2.24) is 9.97 Å². The Hall–Kier alpha value is -0.850. The monoisotopic (exact) mass is 270 g/mol. The first-order valence-corrected chi connectivity index (χ1v) is 4.36. The van der Waals surface area contributed by atoms with E-state index in [9.17, 15) is 13.2 Å². The van der Waals surface area contributed by atoms with E-state index < -0.39 is 12.8 Å². The summed E-state index contributed by atoms with van der Waals surface area (Å²) < 4.78 is 40.1. The van der Waals surface area contributed by atoms with Crippen molar-refractivity contribution in [3.63, 3.8) is 0 Å². The molecule has 1 aromatic heterocycles. The minimum atomic E-state index is -4.36. The largest absolute Gasteiger partial charge is 0.467 e. The summed E-state index contributed by atoms with van der Waals surface area (Å²) in [5.41, 5.74) is 0. The van der Waals surface area contributed by atoms with Gasteiger partial charge in [0, 0.05) is 6.20 Å². The number of aryl methyl sites for hydroxylation is 1. The van der Waals surface area contributed by atoms with Crippen molar-refractivity contribution in [2.45, 2.75) is 13.1 Å². The van der Waals surface area contributed by atoms with Crippen molar-refractivity contribution in [3.05, 3.63) is 16.5 Å². The van der Waals surface area contributed by atoms with Crippen molar-refractivity contribution >= 4 is 15.9 Å². The molecule has 0 saturated carbocycles. The first kappa shape index (κ1) is 11.2. The maximum Gasteiger partial charge on any atom is 0.422 e. The molecule has 0 aliphatic rings. The quantitative estimate of drug-likeness (QED) is 0.828. The van der Waals surface area contributed by atoms with Gasteiger partial charge in [0.25, 0.3) is 0 Å². The second kappa shape index (κ2) is 4.12. The van der Waals surface area contributed by atoms with Crippen LogP contribution in [-0.4, -0.2) is 22.8 Å². The molecule has 0 N–H and O–H groups in total. The van der Waals surface area contributed by atoms with E-state index in [-0.39, 0.29) is 5.88 Å². The summed E-state index contributed by atoms with van der Waals surface area (Å²) >= 11 is 2.98. The van der Waals surface area contributed by atoms with Crippen molar-refractivity contribution < 1.29 is 17.9 Å². The topological polar surface area (TPSA) is 35.0 Å². The van der Waals surface area contributed by atoms with E-state index >= 15 is 0 Å². The van der Waals surface area contributed by atoms with Gasteiger partial charge in [-0.05, 0) is 22.9 Å². The summed E-state index contributed by atoms with van der Waals surface area (Å²) in [6.45, 7) is 0.203. The van der Waals surface area contributed by atoms with Crippen LogP contribution in [0.1, 0.15) is 5.82 Å². The van der Waals surface area contributed by atoms with E-state index in [0.717, 1.165) is 0 Å². The highest BCUT2D eigenvalue weighted by atomic mass is 79.9. The third-order valence-electron chi connectivity index (χ3n) is 1.20. The number of hydrogen-bond donors (Lipinski definition) is 0. The Morgan fingerprint density at radius 1 is 1.50 bits per heavy atom. The number of ether oxygens (including phenoxy) is 1. The van der Waals surface area contributed by atoms with Crippen LogP contribution in [0.5, 0.6) is 5.88 Å². The lowest BCUT2D eigenvalue weighted by Gasteiger charge is -2.09. The Kier molecular flexibility index (Phi) is 3.30. The van der Waals surface area contributed by atoms with Crippen LogP contribution < -0.4 is 4.74 Å². The van der Waals surface area contributed by atoms with Crippen LogP contribution in [0, 0.1) is 6.92 Å². The molecule has 0 atom stereocenters. The van der Waals surface area contributed by atoms with Crippen molar-refractivity contribution in [1.29, 1.82) is 0 Å². The first-order valence-electron chi connectivity index (χ1n) is 3.57. The zero-order chi connectivity index (χ0) is 10.8. The molecule has 3 nitrogen and oxygen atoms in total. The zero-order valence-corrected chi connectivity index (χ0v) is 8.68. The SMILES string of the molecule is Cc1ncc(Br)c(OCC(F)(F)F)n1. The predicted molar refractivity (Wildman–Crippen MR) is 46.0 cm³/mol. The summed E-state index contributed by atoms with van der Waals surface area (Å²) in [5.74, 6) is 0.250. The maximum absolute atomic E-state index is 11.8. The van der Waals surface area contributed by atoms with Crippen LogP contribution in [0.25, 0.3) is 0 Å². The van der Waals surface area contributed by atoms with Crippen LogP contribution in [0.4, 0.5) is 13.2 Å². The van der Waals surface area contributed by atoms with Gasteiger partial charge in [0.05, 0.1) is 4.47 Å². The molecule has 0 fully saturated rings. The van der Waals surface area contributed by atoms with Gasteiger partial charge in [-0.25, -0.2) is 4.98 Å². The van der Waals surface area contributed by atoms with E-state index in [2.05, 4.69) is 30.6 Å². The minimum Gasteiger partial charge on any atom is -0.467 e. The fraction of sp³-hybridized carbons (Fsp3) is 0.429. The van der Waals surface area contributed by atoms with Crippen molar-refractivity contribution in [3.8, 4) is 5.88 Å². The van der Waals surface area contributed by atoms with Crippen molar-refractivity contribution in [2.24, 2.45) is 0 Å². The Morgan fingerprint density at radius 3 is 2.71 bits per heavy atom. The number of rotatable bonds is 2. The van der Waals surface area contributed by atoms with Crippen LogP contribution in [0.15, 0.2) is 10.7 Å². The molecular weight excluding hydrogens is 265 g/mol. The average molecular weight is 271 g/mol. The van der Waals surface area contributed by atoms with Gasteiger partial charge in [-0.3, -0.25) is 0 Å². The number of hydrogen-bond acceptors (Lipinski definition) is 3. The van der Waals surface area contributed by atoms with Gasteiger partial charge in [0.1, 0.15) is 5.82 Å². The molecule has 0 unspecified atom stereocenters. The first-order chi connectivity index (χ1) is 6.38. The molecule has 0 amide bonds. The summed E-state index contributed by atoms with van der Waals surface area (Å²) in [6, 6.07) is 0. The standard InChI is InChI=1S/C7H6BrF3N2O/c1-4-12-2-5(8)6(13-4)14-3-7(9,10)11/h2H,3H2,1H3. The van der Waals surface area contributed by atoms with Gasteiger partial charge < -0.3 is 4.74 Å². The second-order valence-corrected chi connectivity index (χ2v) is 3.33. The van der Waals surface area contributed by atoms with Gasteiger partial charge >= 0.3 is 6.18 Å². The Balaban J connectivity index is 2.72. The second-order valence-electron chi connectivity index (χ2n) is 2.47. The fourth-order valence-corrected chi connectivity index (χ4v) is 0.991. The van der Waals surface area contributed by atoms with Gasteiger partial charge in [-0.2, -0.15) is 18.2 Å². The normalized spacial score (nSPS) is 11.5. The smallest absolute Gasteiger partial charge is 0.422 e. The third-order valence-corrected chi connectivity index (χ3v) is 1.75. The predicted octanol–water partition coefficient (Wildman–Crippen LogP) is 2.49. The van der Waals surface area contributed by atoms with Gasteiger partial charge in [-0.15, -0.1) is 0 Å². The third kappa shape index (κ3) is 3.49. The number of aromatic nitrogens is 2. The highest BCUT2D eigenvalue weighted by Crippen LogP contribution is 2.23. The van der Waals surface area contributed by atoms with Gasteiger partial charge in [-0.1, -0.05) is 0 Å². The van der Waals surface area contributed by atoms with E-state index in [1.54, 1.807) is 6.92 Å². The molecule has 0 bridgehead atoms. The molecule has 1 rings (SSSR count). The van der Waals surface area contributed by atoms with E-state index in [1.807, 2.05) is 0 Å². The molecule has 0 spiro atoms. The molecule has 0 aliphatic heterocycles. The summed E-state index contributed by atoms with van der Waals surface area (Å²) in [7, 11) is 0. The zero-order valence-electron chi connectivity index (χ0n) is 7.10. The Morgan fingerprint density at radius 2 is 2.14 bits per heavy atom. The summed E-state index contributed by atoms with van der Waals surface area (Å²) in [4.78, 5) is 7.46. The van der Waals surface area contributed by atoms with Crippen LogP contribution in [0.3, 0.4) is 0 Å². The molecule has 1 aromatic rings. The lowest BCUT2D eigenvalue weighted by molar-refractivity contribution is -0.154. The Bertz CT molecular complexity index is 329. The van der Waals surface area contributed by atoms with Crippen LogP contribution in [0.2, 0.25) is 0 Å². The molecule has 0 aromatic carbocycles. The van der Waals surface area contributed by atoms with Crippen molar-refractivity contribution in [2.75, 3.05) is 6.61 Å². The Labute approximate surface area is 86.4 Å². The van der Waals surface area contributed by atoms with E-state index in [4.69, 9.17) is 0 Å². The lowest BCUT2D eigenvalue weighted by atomic mass is 10.6. The highest BCUT2D eigenvalue weighted by molar-refractivity contribution is 9.10. The fourth-order valence-electron chi connectivity index (χ4n) is 0.686. The molecule has 78 valence electrons. The van der Waals surface area contributed by atoms with Crippen LogP contribution >= 0.6 is 15.9 Å². The van der Waals surface area contributed by atoms with Gasteiger partial charge in [0.2, 0.25) is 5.88 Å².